The van der Waals surface area contributed by atoms with Crippen molar-refractivity contribution in [1.82, 2.24) is 4.84 Å². The summed E-state index contributed by atoms with van der Waals surface area (Å²) in [7, 11) is 0. The Balaban J connectivity index is 3.00. The van der Waals surface area contributed by atoms with E-state index in [1.165, 1.54) is 0 Å². The van der Waals surface area contributed by atoms with E-state index in [0.29, 0.717) is 13.0 Å². The van der Waals surface area contributed by atoms with Crippen molar-refractivity contribution in [2.45, 2.75) is 6.42 Å². The molecule has 0 aliphatic rings. The van der Waals surface area contributed by atoms with Crippen molar-refractivity contribution in [3.63, 3.8) is 0 Å². The minimum Gasteiger partial charge on any atom is -0.330 e. The largest absolute Gasteiger partial charge is 0.330 e. The molecule has 7 heavy (non-hydrogen) atoms. The maximum Gasteiger partial charge on any atom is 0.235 e. The minimum absolute atomic E-state index is 0.232. The molecular weight excluding hydrogens is 115 g/mol. The van der Waals surface area contributed by atoms with E-state index in [-0.39, 0.29) is 5.91 Å². The number of halogens is 1. The van der Waals surface area contributed by atoms with Crippen LogP contribution in [-0.2, 0) is 4.79 Å². The molecule has 3 N–H and O–H groups in total. The molecule has 42 valence electrons. The number of rotatable bonds is 2. The average molecular weight is 123 g/mol. The van der Waals surface area contributed by atoms with Crippen LogP contribution in [0.2, 0.25) is 0 Å². The summed E-state index contributed by atoms with van der Waals surface area (Å²) in [5.41, 5.74) is 4.99. The molecule has 3 nitrogen and oxygen atoms in total. The van der Waals surface area contributed by atoms with Gasteiger partial charge in [-0.1, -0.05) is 0 Å². The average Bonchev–Trinajstić information content (AvgIpc) is 1.68. The molecule has 4 heteroatoms. The molecule has 0 saturated heterocycles. The lowest BCUT2D eigenvalue weighted by atomic mass is 10.4. The second-order valence-electron chi connectivity index (χ2n) is 1.06. The van der Waals surface area contributed by atoms with Gasteiger partial charge in [0.05, 0.1) is 0 Å². The lowest BCUT2D eigenvalue weighted by Crippen LogP contribution is -2.16. The van der Waals surface area contributed by atoms with Crippen molar-refractivity contribution in [3.05, 3.63) is 0 Å². The van der Waals surface area contributed by atoms with Crippen LogP contribution in [0, 0.1) is 0 Å². The predicted molar refractivity (Wildman–Crippen MR) is 27.7 cm³/mol. The van der Waals surface area contributed by atoms with E-state index < -0.39 is 0 Å². The fourth-order valence-electron chi connectivity index (χ4n) is 0.178. The van der Waals surface area contributed by atoms with E-state index in [2.05, 4.69) is 0 Å². The van der Waals surface area contributed by atoms with E-state index in [0.717, 1.165) is 0 Å². The van der Waals surface area contributed by atoms with Crippen molar-refractivity contribution >= 4 is 17.7 Å². The summed E-state index contributed by atoms with van der Waals surface area (Å²) in [6.07, 6.45) is 0.295. The molecule has 1 amide bonds. The number of carbonyl (C=O) groups is 1. The van der Waals surface area contributed by atoms with Gasteiger partial charge >= 0.3 is 0 Å². The summed E-state index contributed by atoms with van der Waals surface area (Å²) >= 11 is 4.88. The number of nitrogens with two attached hydrogens (primary N) is 1. The standard InChI is InChI=1S/C3H7ClN2O/c4-6-3(7)1-2-5/h1-2,5H2,(H,6,7). The Hall–Kier alpha value is -0.280. The highest BCUT2D eigenvalue weighted by atomic mass is 35.5. The molecule has 0 aliphatic heterocycles. The SMILES string of the molecule is NCCC(=O)NCl. The van der Waals surface area contributed by atoms with Crippen molar-refractivity contribution in [3.8, 4) is 0 Å². The molecule has 0 aromatic rings. The first-order chi connectivity index (χ1) is 3.31. The molecule has 0 aromatic heterocycles. The lowest BCUT2D eigenvalue weighted by Gasteiger charge is -1.88. The Bertz CT molecular complexity index is 66.0. The zero-order valence-corrected chi connectivity index (χ0v) is 4.53. The van der Waals surface area contributed by atoms with E-state index in [9.17, 15) is 4.79 Å². The molecule has 0 atom stereocenters. The monoisotopic (exact) mass is 122 g/mol. The highest BCUT2D eigenvalue weighted by molar-refractivity contribution is 6.21. The maximum absolute atomic E-state index is 10.1. The van der Waals surface area contributed by atoms with Crippen molar-refractivity contribution in [2.75, 3.05) is 6.54 Å². The highest BCUT2D eigenvalue weighted by Crippen LogP contribution is 1.73. The topological polar surface area (TPSA) is 55.1 Å². The van der Waals surface area contributed by atoms with Gasteiger partial charge in [0.25, 0.3) is 0 Å². The first-order valence-corrected chi connectivity index (χ1v) is 2.28. The summed E-state index contributed by atoms with van der Waals surface area (Å²) in [5.74, 6) is -0.232. The first kappa shape index (κ1) is 6.72. The van der Waals surface area contributed by atoms with Gasteiger partial charge in [-0.2, -0.15) is 0 Å². The van der Waals surface area contributed by atoms with Crippen LogP contribution in [0.25, 0.3) is 0 Å². The number of carbonyl (C=O) groups excluding carboxylic acids is 1. The van der Waals surface area contributed by atoms with Crippen LogP contribution in [0.5, 0.6) is 0 Å². The fourth-order valence-corrected chi connectivity index (χ4v) is 0.273. The first-order valence-electron chi connectivity index (χ1n) is 1.90. The molecule has 0 radical (unpaired) electrons. The van der Waals surface area contributed by atoms with Crippen LogP contribution >= 0.6 is 11.8 Å². The van der Waals surface area contributed by atoms with Crippen molar-refractivity contribution < 1.29 is 4.79 Å². The van der Waals surface area contributed by atoms with Gasteiger partial charge in [0, 0.05) is 24.7 Å². The van der Waals surface area contributed by atoms with Gasteiger partial charge in [-0.3, -0.25) is 9.63 Å². The quantitative estimate of drug-likeness (QED) is 0.490. The van der Waals surface area contributed by atoms with Crippen LogP contribution in [0.1, 0.15) is 6.42 Å². The molecular formula is C3H7ClN2O. The summed E-state index contributed by atoms with van der Waals surface area (Å²) in [5, 5.41) is 0. The zero-order valence-electron chi connectivity index (χ0n) is 3.78. The van der Waals surface area contributed by atoms with Crippen LogP contribution in [0.3, 0.4) is 0 Å². The minimum atomic E-state index is -0.232. The van der Waals surface area contributed by atoms with Crippen molar-refractivity contribution in [1.29, 1.82) is 0 Å². The summed E-state index contributed by atoms with van der Waals surface area (Å²) in [4.78, 5) is 12.0. The van der Waals surface area contributed by atoms with Gasteiger partial charge < -0.3 is 5.73 Å². The highest BCUT2D eigenvalue weighted by Gasteiger charge is 1.91. The molecule has 0 aliphatic carbocycles. The third-order valence-corrected chi connectivity index (χ3v) is 0.688. The molecule has 0 aromatic carbocycles. The summed E-state index contributed by atoms with van der Waals surface area (Å²) in [6.45, 7) is 0.346. The van der Waals surface area contributed by atoms with E-state index in [1.807, 2.05) is 4.84 Å². The number of hydrogen-bond acceptors (Lipinski definition) is 2. The Labute approximate surface area is 46.9 Å². The lowest BCUT2D eigenvalue weighted by molar-refractivity contribution is -0.119. The van der Waals surface area contributed by atoms with Gasteiger partial charge in [-0.05, 0) is 0 Å². The Morgan fingerprint density at radius 2 is 2.43 bits per heavy atom. The normalized spacial score (nSPS) is 8.29. The van der Waals surface area contributed by atoms with E-state index >= 15 is 0 Å². The molecule has 0 bridgehead atoms. The molecule has 0 fully saturated rings. The summed E-state index contributed by atoms with van der Waals surface area (Å²) < 4.78 is 0. The number of nitrogens with one attached hydrogen (secondary N) is 1. The molecule has 0 saturated carbocycles. The smallest absolute Gasteiger partial charge is 0.235 e. The summed E-state index contributed by atoms with van der Waals surface area (Å²) in [6, 6.07) is 0. The number of hydrogen-bond donors (Lipinski definition) is 2. The van der Waals surface area contributed by atoms with Gasteiger partial charge in [-0.15, -0.1) is 0 Å². The van der Waals surface area contributed by atoms with Crippen LogP contribution in [-0.4, -0.2) is 12.5 Å². The zero-order chi connectivity index (χ0) is 5.70. The van der Waals surface area contributed by atoms with E-state index in [4.69, 9.17) is 17.5 Å². The Morgan fingerprint density at radius 3 is 2.57 bits per heavy atom. The van der Waals surface area contributed by atoms with Crippen LogP contribution in [0.15, 0.2) is 0 Å². The Morgan fingerprint density at radius 1 is 1.86 bits per heavy atom. The number of amides is 1. The second kappa shape index (κ2) is 3.89. The third kappa shape index (κ3) is 3.55. The fraction of sp³-hybridized carbons (Fsp3) is 0.667. The Kier molecular flexibility index (Phi) is 3.74. The second-order valence-corrected chi connectivity index (χ2v) is 1.25. The van der Waals surface area contributed by atoms with E-state index in [1.54, 1.807) is 0 Å². The predicted octanol–water partition coefficient (Wildman–Crippen LogP) is -0.395. The van der Waals surface area contributed by atoms with Gasteiger partial charge in [0.1, 0.15) is 0 Å². The molecule has 0 spiro atoms. The molecule has 0 heterocycles. The van der Waals surface area contributed by atoms with Gasteiger partial charge in [0.2, 0.25) is 5.91 Å². The molecule has 0 unspecified atom stereocenters. The third-order valence-electron chi connectivity index (χ3n) is 0.477. The van der Waals surface area contributed by atoms with Gasteiger partial charge in [0.15, 0.2) is 0 Å². The molecule has 0 rings (SSSR count). The van der Waals surface area contributed by atoms with Gasteiger partial charge in [-0.25, -0.2) is 0 Å². The van der Waals surface area contributed by atoms with Crippen LogP contribution in [0.4, 0.5) is 0 Å². The maximum atomic E-state index is 10.1. The van der Waals surface area contributed by atoms with Crippen LogP contribution < -0.4 is 10.6 Å². The van der Waals surface area contributed by atoms with Crippen molar-refractivity contribution in [2.24, 2.45) is 5.73 Å².